The molecule has 1 unspecified atom stereocenters. The third-order valence-electron chi connectivity index (χ3n) is 3.68. The topological polar surface area (TPSA) is 9.23 Å². The highest BCUT2D eigenvalue weighted by molar-refractivity contribution is 7.98. The molecule has 0 spiro atoms. The van der Waals surface area contributed by atoms with Gasteiger partial charge in [0.15, 0.2) is 0 Å². The van der Waals surface area contributed by atoms with Gasteiger partial charge in [0, 0.05) is 17.3 Å². The van der Waals surface area contributed by atoms with Gasteiger partial charge in [0.2, 0.25) is 0 Å². The molecule has 0 radical (unpaired) electrons. The van der Waals surface area contributed by atoms with Crippen LogP contribution in [0.2, 0.25) is 0 Å². The Balaban J connectivity index is 1.58. The van der Waals surface area contributed by atoms with E-state index in [1.165, 1.54) is 28.9 Å². The Morgan fingerprint density at radius 2 is 1.75 bits per heavy atom. The van der Waals surface area contributed by atoms with E-state index in [4.69, 9.17) is 4.74 Å². The first kappa shape index (κ1) is 13.7. The summed E-state index contributed by atoms with van der Waals surface area (Å²) in [5, 5.41) is 0. The Hall–Kier alpha value is -1.25. The number of rotatable bonds is 4. The number of ether oxygens (including phenoxy) is 1. The van der Waals surface area contributed by atoms with Gasteiger partial charge in [-0.25, -0.2) is 0 Å². The van der Waals surface area contributed by atoms with Crippen molar-refractivity contribution in [3.05, 3.63) is 65.7 Å². The monoisotopic (exact) mass is 284 g/mol. The van der Waals surface area contributed by atoms with Gasteiger partial charge in [-0.2, -0.15) is 0 Å². The second kappa shape index (κ2) is 6.96. The van der Waals surface area contributed by atoms with E-state index in [-0.39, 0.29) is 0 Å². The summed E-state index contributed by atoms with van der Waals surface area (Å²) >= 11 is 1.89. The van der Waals surface area contributed by atoms with Gasteiger partial charge < -0.3 is 4.74 Å². The van der Waals surface area contributed by atoms with E-state index in [0.29, 0.717) is 6.10 Å². The molecule has 0 amide bonds. The fraction of sp³-hybridized carbons (Fsp3) is 0.333. The molecule has 1 fully saturated rings. The highest BCUT2D eigenvalue weighted by atomic mass is 32.2. The molecule has 3 rings (SSSR count). The average molecular weight is 284 g/mol. The van der Waals surface area contributed by atoms with Crippen LogP contribution in [0.4, 0.5) is 0 Å². The molecule has 2 aromatic carbocycles. The minimum atomic E-state index is 0.317. The van der Waals surface area contributed by atoms with Crippen molar-refractivity contribution in [2.45, 2.75) is 36.0 Å². The number of hydrogen-bond acceptors (Lipinski definition) is 2. The van der Waals surface area contributed by atoms with Gasteiger partial charge in [-0.1, -0.05) is 42.5 Å². The highest BCUT2D eigenvalue weighted by Crippen LogP contribution is 2.30. The molecule has 2 aromatic rings. The maximum absolute atomic E-state index is 5.83. The third-order valence-corrected chi connectivity index (χ3v) is 4.76. The summed E-state index contributed by atoms with van der Waals surface area (Å²) in [6, 6.07) is 19.5. The first-order valence-corrected chi connectivity index (χ1v) is 8.29. The van der Waals surface area contributed by atoms with Gasteiger partial charge in [-0.05, 0) is 42.5 Å². The molecule has 104 valence electrons. The van der Waals surface area contributed by atoms with Gasteiger partial charge in [-0.3, -0.25) is 0 Å². The zero-order valence-electron chi connectivity index (χ0n) is 11.6. The lowest BCUT2D eigenvalue weighted by atomic mass is 10.0. The first-order chi connectivity index (χ1) is 9.92. The summed E-state index contributed by atoms with van der Waals surface area (Å²) in [6.07, 6.45) is 3.98. The lowest BCUT2D eigenvalue weighted by Gasteiger charge is -2.23. The van der Waals surface area contributed by atoms with Crippen LogP contribution < -0.4 is 0 Å². The molecule has 1 aliphatic heterocycles. The first-order valence-electron chi connectivity index (χ1n) is 7.30. The molecule has 1 heterocycles. The van der Waals surface area contributed by atoms with Crippen LogP contribution in [0.5, 0.6) is 0 Å². The van der Waals surface area contributed by atoms with Gasteiger partial charge in [0.1, 0.15) is 0 Å². The Kier molecular flexibility index (Phi) is 4.77. The Morgan fingerprint density at radius 3 is 2.45 bits per heavy atom. The van der Waals surface area contributed by atoms with Crippen LogP contribution in [0.15, 0.2) is 59.5 Å². The molecule has 1 saturated heterocycles. The van der Waals surface area contributed by atoms with Crippen molar-refractivity contribution in [1.82, 2.24) is 0 Å². The Bertz CT molecular complexity index is 515. The van der Waals surface area contributed by atoms with Crippen molar-refractivity contribution in [3.8, 4) is 0 Å². The van der Waals surface area contributed by atoms with Crippen molar-refractivity contribution < 1.29 is 4.74 Å². The summed E-state index contributed by atoms with van der Waals surface area (Å²) in [4.78, 5) is 1.33. The van der Waals surface area contributed by atoms with E-state index in [9.17, 15) is 0 Å². The molecule has 1 aliphatic rings. The second-order valence-electron chi connectivity index (χ2n) is 5.20. The summed E-state index contributed by atoms with van der Waals surface area (Å²) < 4.78 is 5.83. The second-order valence-corrected chi connectivity index (χ2v) is 6.25. The highest BCUT2D eigenvalue weighted by Gasteiger charge is 2.15. The molecular weight excluding hydrogens is 264 g/mol. The van der Waals surface area contributed by atoms with Gasteiger partial charge in [0.25, 0.3) is 0 Å². The van der Waals surface area contributed by atoms with Crippen LogP contribution in [-0.2, 0) is 10.5 Å². The van der Waals surface area contributed by atoms with Crippen LogP contribution in [0, 0.1) is 0 Å². The molecular formula is C18H20OS. The van der Waals surface area contributed by atoms with Crippen molar-refractivity contribution in [3.63, 3.8) is 0 Å². The zero-order chi connectivity index (χ0) is 13.6. The molecule has 0 bridgehead atoms. The molecule has 0 N–H and O–H groups in total. The van der Waals surface area contributed by atoms with E-state index >= 15 is 0 Å². The Labute approximate surface area is 125 Å². The molecule has 1 nitrogen and oxygen atoms in total. The SMILES string of the molecule is c1ccc(CSc2ccc(C3CCCCO3)cc2)cc1. The fourth-order valence-corrected chi connectivity index (χ4v) is 3.38. The van der Waals surface area contributed by atoms with Gasteiger partial charge in [-0.15, -0.1) is 11.8 Å². The quantitative estimate of drug-likeness (QED) is 0.712. The Morgan fingerprint density at radius 1 is 0.950 bits per heavy atom. The lowest BCUT2D eigenvalue weighted by molar-refractivity contribution is 0.0149. The standard InChI is InChI=1S/C18H20OS/c1-2-6-15(7-3-1)14-20-17-11-9-16(10-12-17)18-8-4-5-13-19-18/h1-3,6-7,9-12,18H,4-5,8,13-14H2. The maximum atomic E-state index is 5.83. The van der Waals surface area contributed by atoms with E-state index < -0.39 is 0 Å². The molecule has 0 saturated carbocycles. The number of benzene rings is 2. The van der Waals surface area contributed by atoms with Gasteiger partial charge in [0.05, 0.1) is 6.10 Å². The summed E-state index contributed by atoms with van der Waals surface area (Å²) in [5.74, 6) is 1.03. The molecule has 0 aliphatic carbocycles. The average Bonchev–Trinajstić information content (AvgIpc) is 2.55. The van der Waals surface area contributed by atoms with Crippen molar-refractivity contribution >= 4 is 11.8 Å². The smallest absolute Gasteiger partial charge is 0.0824 e. The largest absolute Gasteiger partial charge is 0.374 e. The van der Waals surface area contributed by atoms with E-state index in [1.807, 2.05) is 11.8 Å². The molecule has 20 heavy (non-hydrogen) atoms. The van der Waals surface area contributed by atoms with Crippen LogP contribution in [-0.4, -0.2) is 6.61 Å². The summed E-state index contributed by atoms with van der Waals surface area (Å²) in [5.41, 5.74) is 2.70. The predicted octanol–water partition coefficient (Wildman–Crippen LogP) is 5.22. The molecule has 2 heteroatoms. The predicted molar refractivity (Wildman–Crippen MR) is 85.0 cm³/mol. The van der Waals surface area contributed by atoms with Crippen molar-refractivity contribution in [2.24, 2.45) is 0 Å². The minimum Gasteiger partial charge on any atom is -0.374 e. The van der Waals surface area contributed by atoms with Crippen LogP contribution >= 0.6 is 11.8 Å². The minimum absolute atomic E-state index is 0.317. The number of hydrogen-bond donors (Lipinski definition) is 0. The third kappa shape index (κ3) is 3.65. The summed E-state index contributed by atoms with van der Waals surface area (Å²) in [6.45, 7) is 0.912. The van der Waals surface area contributed by atoms with Gasteiger partial charge >= 0.3 is 0 Å². The van der Waals surface area contributed by atoms with Crippen LogP contribution in [0.25, 0.3) is 0 Å². The van der Waals surface area contributed by atoms with Crippen LogP contribution in [0.3, 0.4) is 0 Å². The van der Waals surface area contributed by atoms with E-state index in [0.717, 1.165) is 18.8 Å². The molecule has 1 atom stereocenters. The number of thioether (sulfide) groups is 1. The lowest BCUT2D eigenvalue weighted by Crippen LogP contribution is -2.11. The van der Waals surface area contributed by atoms with E-state index in [2.05, 4.69) is 54.6 Å². The zero-order valence-corrected chi connectivity index (χ0v) is 12.4. The normalized spacial score (nSPS) is 18.9. The summed E-state index contributed by atoms with van der Waals surface area (Å²) in [7, 11) is 0. The van der Waals surface area contributed by atoms with Crippen LogP contribution in [0.1, 0.15) is 36.5 Å². The van der Waals surface area contributed by atoms with E-state index in [1.54, 1.807) is 0 Å². The molecule has 0 aromatic heterocycles. The maximum Gasteiger partial charge on any atom is 0.0824 e. The van der Waals surface area contributed by atoms with Crippen molar-refractivity contribution in [2.75, 3.05) is 6.61 Å². The fourth-order valence-electron chi connectivity index (χ4n) is 2.52. The van der Waals surface area contributed by atoms with Crippen molar-refractivity contribution in [1.29, 1.82) is 0 Å².